The number of anilines is 1. The number of amides is 1. The van der Waals surface area contributed by atoms with Crippen molar-refractivity contribution in [3.05, 3.63) is 58.2 Å². The van der Waals surface area contributed by atoms with Crippen LogP contribution in [0.5, 0.6) is 0 Å². The number of aliphatic imine (C=N–C) groups is 1. The molecule has 0 spiro atoms. The number of benzene rings is 1. The highest BCUT2D eigenvalue weighted by Crippen LogP contribution is 2.35. The van der Waals surface area contributed by atoms with E-state index < -0.39 is 0 Å². The second-order valence-electron chi connectivity index (χ2n) is 5.28. The van der Waals surface area contributed by atoms with Crippen molar-refractivity contribution in [3.8, 4) is 0 Å². The largest absolute Gasteiger partial charge is 1.00 e. The number of halogens is 2. The predicted molar refractivity (Wildman–Crippen MR) is 98.4 cm³/mol. The zero-order valence-electron chi connectivity index (χ0n) is 12.9. The van der Waals surface area contributed by atoms with Gasteiger partial charge in [-0.15, -0.1) is 11.3 Å². The van der Waals surface area contributed by atoms with E-state index in [2.05, 4.69) is 20.6 Å². The maximum atomic E-state index is 12.5. The summed E-state index contributed by atoms with van der Waals surface area (Å²) in [6, 6.07) is 11.3. The molecule has 3 heterocycles. The van der Waals surface area contributed by atoms with E-state index in [-0.39, 0.29) is 18.3 Å². The van der Waals surface area contributed by atoms with Crippen LogP contribution in [0.4, 0.5) is 5.69 Å². The predicted octanol–water partition coefficient (Wildman–Crippen LogP) is 0.556. The van der Waals surface area contributed by atoms with Crippen molar-refractivity contribution in [1.82, 2.24) is 10.3 Å². The van der Waals surface area contributed by atoms with E-state index in [1.54, 1.807) is 6.20 Å². The van der Waals surface area contributed by atoms with Crippen LogP contribution in [0.2, 0.25) is 5.02 Å². The second kappa shape index (κ2) is 7.39. The summed E-state index contributed by atoms with van der Waals surface area (Å²) in [7, 11) is 0. The van der Waals surface area contributed by atoms with Gasteiger partial charge in [0.05, 0.1) is 23.5 Å². The van der Waals surface area contributed by atoms with Crippen LogP contribution in [0, 0.1) is 0 Å². The van der Waals surface area contributed by atoms with Crippen LogP contribution in [0.25, 0.3) is 10.1 Å². The van der Waals surface area contributed by atoms with Gasteiger partial charge in [0, 0.05) is 16.6 Å². The number of thiophene rings is 1. The number of pyridine rings is 1. The van der Waals surface area contributed by atoms with Crippen molar-refractivity contribution in [2.24, 2.45) is 4.99 Å². The van der Waals surface area contributed by atoms with Gasteiger partial charge in [0.15, 0.2) is 0 Å². The number of aromatic nitrogens is 1. The Morgan fingerprint density at radius 2 is 2.08 bits per heavy atom. The molecule has 4 rings (SSSR count). The molecule has 0 fully saturated rings. The molecule has 1 aliphatic rings. The number of rotatable bonds is 3. The maximum absolute atomic E-state index is 12.5. The molecule has 0 saturated carbocycles. The first-order valence-electron chi connectivity index (χ1n) is 7.45. The first kappa shape index (κ1) is 17.7. The molecule has 3 aromatic rings. The SMILES string of the molecule is O=C(Nc1ccc(C2=NCCN2)nc1)c1sc2ccccc2c1Cl.[Cl-]. The maximum Gasteiger partial charge on any atom is 0.267 e. The molecule has 0 bridgehead atoms. The Morgan fingerprint density at radius 3 is 2.76 bits per heavy atom. The molecule has 1 amide bonds. The van der Waals surface area contributed by atoms with E-state index in [1.165, 1.54) is 11.3 Å². The Kier molecular flexibility index (Phi) is 5.22. The lowest BCUT2D eigenvalue weighted by Gasteiger charge is -2.05. The summed E-state index contributed by atoms with van der Waals surface area (Å²) in [4.78, 5) is 21.7. The third-order valence-electron chi connectivity index (χ3n) is 3.68. The molecule has 1 aliphatic heterocycles. The monoisotopic (exact) mass is 391 g/mol. The zero-order chi connectivity index (χ0) is 16.5. The first-order chi connectivity index (χ1) is 11.7. The average molecular weight is 392 g/mol. The van der Waals surface area contributed by atoms with Gasteiger partial charge in [0.25, 0.3) is 5.91 Å². The highest BCUT2D eigenvalue weighted by atomic mass is 35.5. The lowest BCUT2D eigenvalue weighted by Crippen LogP contribution is -3.00. The summed E-state index contributed by atoms with van der Waals surface area (Å²) in [5, 5.41) is 7.39. The molecule has 0 radical (unpaired) electrons. The number of amidine groups is 1. The standard InChI is InChI=1S/C17H13ClN4OS.ClH/c18-14-11-3-1-2-4-13(11)24-15(14)17(23)22-10-5-6-12(21-9-10)16-19-7-8-20-16;/h1-6,9H,7-8H2,(H,19,20)(H,22,23);1H/p-1. The highest BCUT2D eigenvalue weighted by Gasteiger charge is 2.17. The van der Waals surface area contributed by atoms with E-state index in [9.17, 15) is 4.79 Å². The molecule has 25 heavy (non-hydrogen) atoms. The van der Waals surface area contributed by atoms with Gasteiger partial charge in [-0.2, -0.15) is 0 Å². The lowest BCUT2D eigenvalue weighted by atomic mass is 10.2. The summed E-state index contributed by atoms with van der Waals surface area (Å²) in [6.45, 7) is 1.60. The van der Waals surface area contributed by atoms with Crippen LogP contribution in [0.1, 0.15) is 15.4 Å². The molecule has 8 heteroatoms. The lowest BCUT2D eigenvalue weighted by molar-refractivity contribution is -0.0000123. The van der Waals surface area contributed by atoms with Crippen LogP contribution in [-0.2, 0) is 0 Å². The summed E-state index contributed by atoms with van der Waals surface area (Å²) in [5.74, 6) is 0.563. The normalized spacial score (nSPS) is 13.1. The van der Waals surface area contributed by atoms with E-state index in [0.717, 1.165) is 34.7 Å². The molecule has 1 aromatic carbocycles. The molecule has 0 atom stereocenters. The second-order valence-corrected chi connectivity index (χ2v) is 6.71. The van der Waals surface area contributed by atoms with Crippen LogP contribution in [0.15, 0.2) is 47.6 Å². The molecule has 2 aromatic heterocycles. The van der Waals surface area contributed by atoms with Crippen molar-refractivity contribution < 1.29 is 17.2 Å². The van der Waals surface area contributed by atoms with Gasteiger partial charge in [0.1, 0.15) is 16.4 Å². The van der Waals surface area contributed by atoms with Gasteiger partial charge in [-0.3, -0.25) is 14.8 Å². The van der Waals surface area contributed by atoms with Gasteiger partial charge in [-0.25, -0.2) is 0 Å². The molecule has 128 valence electrons. The molecular formula is C17H13Cl2N4OS-. The van der Waals surface area contributed by atoms with Crippen molar-refractivity contribution in [3.63, 3.8) is 0 Å². The van der Waals surface area contributed by atoms with E-state index in [4.69, 9.17) is 11.6 Å². The van der Waals surface area contributed by atoms with Gasteiger partial charge >= 0.3 is 0 Å². The van der Waals surface area contributed by atoms with Crippen molar-refractivity contribution in [2.45, 2.75) is 0 Å². The van der Waals surface area contributed by atoms with E-state index in [1.807, 2.05) is 36.4 Å². The Balaban J connectivity index is 0.00000182. The van der Waals surface area contributed by atoms with Gasteiger partial charge in [-0.1, -0.05) is 29.8 Å². The molecule has 0 aliphatic carbocycles. The molecule has 0 saturated heterocycles. The number of fused-ring (bicyclic) bond motifs is 1. The minimum Gasteiger partial charge on any atom is -1.00 e. The number of hydrogen-bond donors (Lipinski definition) is 2. The fraction of sp³-hybridized carbons (Fsp3) is 0.118. The van der Waals surface area contributed by atoms with Crippen molar-refractivity contribution >= 4 is 50.5 Å². The Hall–Kier alpha value is -2.15. The van der Waals surface area contributed by atoms with Crippen molar-refractivity contribution in [2.75, 3.05) is 18.4 Å². The number of carbonyl (C=O) groups excluding carboxylic acids is 1. The number of hydrogen-bond acceptors (Lipinski definition) is 5. The topological polar surface area (TPSA) is 66.4 Å². The quantitative estimate of drug-likeness (QED) is 0.685. The smallest absolute Gasteiger partial charge is 0.267 e. The molecule has 5 nitrogen and oxygen atoms in total. The highest BCUT2D eigenvalue weighted by molar-refractivity contribution is 7.21. The molecular weight excluding hydrogens is 379 g/mol. The minimum absolute atomic E-state index is 0. The van der Waals surface area contributed by atoms with Gasteiger partial charge < -0.3 is 23.0 Å². The summed E-state index contributed by atoms with van der Waals surface area (Å²) < 4.78 is 0.992. The van der Waals surface area contributed by atoms with Crippen LogP contribution < -0.4 is 23.0 Å². The summed E-state index contributed by atoms with van der Waals surface area (Å²) >= 11 is 7.72. The fourth-order valence-electron chi connectivity index (χ4n) is 2.53. The van der Waals surface area contributed by atoms with Crippen molar-refractivity contribution in [1.29, 1.82) is 0 Å². The Labute approximate surface area is 159 Å². The Bertz CT molecular complexity index is 953. The zero-order valence-corrected chi connectivity index (χ0v) is 15.3. The van der Waals surface area contributed by atoms with Crippen LogP contribution in [0.3, 0.4) is 0 Å². The summed E-state index contributed by atoms with van der Waals surface area (Å²) in [6.07, 6.45) is 1.62. The Morgan fingerprint density at radius 1 is 1.24 bits per heavy atom. The third kappa shape index (κ3) is 3.46. The molecule has 2 N–H and O–H groups in total. The number of carbonyl (C=O) groups is 1. The van der Waals surface area contributed by atoms with Crippen LogP contribution in [-0.4, -0.2) is 29.8 Å². The fourth-order valence-corrected chi connectivity index (χ4v) is 3.94. The first-order valence-corrected chi connectivity index (χ1v) is 8.65. The average Bonchev–Trinajstić information content (AvgIpc) is 3.24. The van der Waals surface area contributed by atoms with Gasteiger partial charge in [-0.05, 0) is 18.2 Å². The minimum atomic E-state index is -0.230. The van der Waals surface area contributed by atoms with Gasteiger partial charge in [0.2, 0.25) is 0 Å². The van der Waals surface area contributed by atoms with E-state index >= 15 is 0 Å². The molecule has 0 unspecified atom stereocenters. The summed E-state index contributed by atoms with van der Waals surface area (Å²) in [5.41, 5.74) is 1.39. The number of nitrogens with one attached hydrogen (secondary N) is 2. The number of nitrogens with zero attached hydrogens (tertiary/aromatic N) is 2. The van der Waals surface area contributed by atoms with Crippen LogP contribution >= 0.6 is 22.9 Å². The van der Waals surface area contributed by atoms with E-state index in [0.29, 0.717) is 15.6 Å². The third-order valence-corrected chi connectivity index (χ3v) is 5.35.